The Morgan fingerprint density at radius 1 is 0.866 bits per heavy atom. The Bertz CT molecular complexity index is 3150. The molecule has 7 heterocycles. The number of nitrogens with one attached hydrogen (secondary N) is 6. The van der Waals surface area contributed by atoms with Gasteiger partial charge in [0.25, 0.3) is 0 Å². The quantitative estimate of drug-likeness (QED) is 0.0363. The highest BCUT2D eigenvalue weighted by molar-refractivity contribution is 5.94. The Morgan fingerprint density at radius 2 is 1.69 bits per heavy atom. The average molecular weight is 906 g/mol. The fourth-order valence-electron chi connectivity index (χ4n) is 8.29. The van der Waals surface area contributed by atoms with Crippen LogP contribution in [0.4, 0.5) is 5.69 Å². The third-order valence-corrected chi connectivity index (χ3v) is 12.0. The van der Waals surface area contributed by atoms with Gasteiger partial charge >= 0.3 is 5.97 Å². The zero-order chi connectivity index (χ0) is 48.8. The third-order valence-electron chi connectivity index (χ3n) is 12.0. The molecule has 67 heavy (non-hydrogen) atoms. The summed E-state index contributed by atoms with van der Waals surface area (Å²) < 4.78 is 23.1. The second-order valence-electron chi connectivity index (χ2n) is 16.9. The van der Waals surface area contributed by atoms with E-state index in [-0.39, 0.29) is 37.8 Å². The van der Waals surface area contributed by atoms with Gasteiger partial charge in [-0.1, -0.05) is 12.1 Å². The number of carbonyl (C=O) groups is 3. The number of hydrogen-bond acceptors (Lipinski definition) is 10. The lowest BCUT2D eigenvalue weighted by Crippen LogP contribution is -2.47. The molecule has 8 rings (SSSR count). The molecule has 346 valence electrons. The molecule has 0 radical (unpaired) electrons. The van der Waals surface area contributed by atoms with Gasteiger partial charge < -0.3 is 46.5 Å². The number of pyridine rings is 1. The lowest BCUT2D eigenvalue weighted by Gasteiger charge is -2.19. The van der Waals surface area contributed by atoms with E-state index in [1.54, 1.807) is 30.3 Å². The maximum atomic E-state index is 13.8. The number of rotatable bonds is 19. The van der Waals surface area contributed by atoms with Crippen LogP contribution in [0.3, 0.4) is 0 Å². The van der Waals surface area contributed by atoms with Crippen molar-refractivity contribution in [1.29, 1.82) is 0 Å². The summed E-state index contributed by atoms with van der Waals surface area (Å²) >= 11 is 0. The molecule has 16 nitrogen and oxygen atoms in total. The molecule has 0 fully saturated rings. The molecule has 0 aliphatic carbocycles. The van der Waals surface area contributed by atoms with E-state index in [4.69, 9.17) is 23.2 Å². The number of aliphatic carboxylic acids is 1. The molecule has 5 aromatic heterocycles. The Hall–Kier alpha value is -7.59. The van der Waals surface area contributed by atoms with E-state index in [2.05, 4.69) is 46.9 Å². The zero-order valence-electron chi connectivity index (χ0n) is 40.1. The molecule has 2 amide bonds. The molecule has 0 saturated heterocycles. The molecule has 0 unspecified atom stereocenters. The number of ether oxygens (including phenoxy) is 1. The summed E-state index contributed by atoms with van der Waals surface area (Å²) in [5, 5.41) is 18.4. The second kappa shape index (κ2) is 20.7. The van der Waals surface area contributed by atoms with Gasteiger partial charge in [-0.15, -0.1) is 0 Å². The molecule has 2 aliphatic heterocycles. The number of carboxylic acids is 1. The van der Waals surface area contributed by atoms with Crippen molar-refractivity contribution in [3.05, 3.63) is 118 Å². The molecule has 2 aliphatic rings. The van der Waals surface area contributed by atoms with E-state index >= 15 is 0 Å². The normalized spacial score (nSPS) is 13.5. The first-order valence-electron chi connectivity index (χ1n) is 23.5. The summed E-state index contributed by atoms with van der Waals surface area (Å²) in [7, 11) is 0. The largest absolute Gasteiger partial charge is 0.492 e. The van der Waals surface area contributed by atoms with Gasteiger partial charge in [-0.2, -0.15) is 0 Å². The Labute approximate surface area is 390 Å². The van der Waals surface area contributed by atoms with Gasteiger partial charge in [0.15, 0.2) is 5.65 Å². The highest BCUT2D eigenvalue weighted by atomic mass is 16.5. The first kappa shape index (κ1) is 43.3. The van der Waals surface area contributed by atoms with Crippen molar-refractivity contribution >= 4 is 79.5 Å². The maximum Gasteiger partial charge on any atom is 0.303 e. The molecule has 1 atom stereocenters. The fourth-order valence-corrected chi connectivity index (χ4v) is 8.29. The molecule has 0 saturated carbocycles. The summed E-state index contributed by atoms with van der Waals surface area (Å²) in [6.07, 6.45) is 7.49. The maximum absolute atomic E-state index is 13.8. The molecule has 0 spiro atoms. The van der Waals surface area contributed by atoms with E-state index < -0.39 is 18.5 Å². The van der Waals surface area contributed by atoms with Crippen LogP contribution in [-0.4, -0.2) is 83.5 Å². The van der Waals surface area contributed by atoms with Gasteiger partial charge in [-0.25, -0.2) is 19.9 Å². The number of H-pyrrole nitrogens is 3. The number of aryl methyl sites for hydroxylation is 3. The summed E-state index contributed by atoms with van der Waals surface area (Å²) in [4.78, 5) is 67.5. The van der Waals surface area contributed by atoms with E-state index in [0.29, 0.717) is 72.5 Å². The fraction of sp³-hybridized carbons (Fsp3) is 0.314. The van der Waals surface area contributed by atoms with Gasteiger partial charge in [-0.05, 0) is 160 Å². The number of anilines is 1. The lowest BCUT2D eigenvalue weighted by atomic mass is 10.0. The topological polar surface area (TPSA) is 242 Å². The lowest BCUT2D eigenvalue weighted by molar-refractivity contribution is -0.136. The Morgan fingerprint density at radius 3 is 2.49 bits per heavy atom. The van der Waals surface area contributed by atoms with Gasteiger partial charge in [0.2, 0.25) is 11.8 Å². The van der Waals surface area contributed by atoms with Crippen LogP contribution in [0, 0.1) is 13.8 Å². The predicted molar refractivity (Wildman–Crippen MR) is 263 cm³/mol. The van der Waals surface area contributed by atoms with Crippen LogP contribution in [-0.2, 0) is 27.3 Å². The van der Waals surface area contributed by atoms with Gasteiger partial charge in [-0.3, -0.25) is 14.4 Å². The minimum atomic E-state index is -1.91. The minimum Gasteiger partial charge on any atom is -0.492 e. The number of imidazole rings is 1. The molecule has 6 aromatic rings. The van der Waals surface area contributed by atoms with Crippen LogP contribution < -0.4 is 26.4 Å². The summed E-state index contributed by atoms with van der Waals surface area (Å²) in [5.74, 6) is -1.04. The Balaban J connectivity index is 0.962. The standard InChI is InChI=1S/C51H57N11O5/c1-29-19-35-22-43-31(3)39(13-15-49(64)65)46(60-43)25-45-38(32(4)44(61-45)24-42-30(2)20-34(59-42)21-41(29)58-35)12-14-48(63)62-40(7-5-6-16-52)51(66)53-17-18-67-37-10-8-33(9-11-37)26-54-36-23-47-50(55-27-36)57-28-56-47/h8-11,19-25,27-28,40,54,58,61H,5-7,12-18,26,52H2,1-4H3,(H,53,66)(H,62,63)(H,64,65)(H,55,56,57)/t40-/m0/s1/i26D2. The van der Waals surface area contributed by atoms with Crippen molar-refractivity contribution in [2.75, 3.05) is 25.0 Å². The number of nitrogens with two attached hydrogens (primary N) is 1. The number of hydrogen-bond donors (Lipinski definition) is 8. The third kappa shape index (κ3) is 11.3. The summed E-state index contributed by atoms with van der Waals surface area (Å²) in [5.41, 5.74) is 19.9. The monoisotopic (exact) mass is 905 g/mol. The number of nitrogens with zero attached hydrogens (tertiary/aromatic N) is 4. The second-order valence-corrected chi connectivity index (χ2v) is 16.9. The van der Waals surface area contributed by atoms with Crippen molar-refractivity contribution in [2.24, 2.45) is 5.73 Å². The van der Waals surface area contributed by atoms with E-state index in [1.807, 2.05) is 58.0 Å². The smallest absolute Gasteiger partial charge is 0.303 e. The van der Waals surface area contributed by atoms with Crippen LogP contribution in [0.1, 0.15) is 100 Å². The zero-order valence-corrected chi connectivity index (χ0v) is 38.1. The first-order chi connectivity index (χ1) is 33.1. The molecule has 8 bridgehead atoms. The van der Waals surface area contributed by atoms with Crippen LogP contribution in [0.15, 0.2) is 73.2 Å². The number of benzene rings is 1. The average Bonchev–Trinajstić information content (AvgIpc) is 4.12. The summed E-state index contributed by atoms with van der Waals surface area (Å²) in [6, 6.07) is 17.5. The number of carboxylic acid groups (broad SMARTS) is 1. The van der Waals surface area contributed by atoms with Crippen molar-refractivity contribution in [3.8, 4) is 5.75 Å². The molecular weight excluding hydrogens is 847 g/mol. The molecule has 16 heteroatoms. The van der Waals surface area contributed by atoms with Crippen LogP contribution in [0.2, 0.25) is 0 Å². The number of aromatic nitrogens is 7. The van der Waals surface area contributed by atoms with Gasteiger partial charge in [0, 0.05) is 41.4 Å². The molecule has 9 N–H and O–H groups in total. The number of unbranched alkanes of at least 4 members (excludes halogenated alkanes) is 1. The van der Waals surface area contributed by atoms with E-state index in [1.165, 1.54) is 12.5 Å². The van der Waals surface area contributed by atoms with E-state index in [9.17, 15) is 19.5 Å². The summed E-state index contributed by atoms with van der Waals surface area (Å²) in [6.45, 7) is 6.88. The number of amides is 2. The highest BCUT2D eigenvalue weighted by Gasteiger charge is 2.22. The Kier molecular flexibility index (Phi) is 13.4. The molecule has 1 aromatic carbocycles. The van der Waals surface area contributed by atoms with Crippen molar-refractivity contribution in [1.82, 2.24) is 45.5 Å². The first-order valence-corrected chi connectivity index (χ1v) is 22.5. The van der Waals surface area contributed by atoms with Gasteiger partial charge in [0.1, 0.15) is 18.4 Å². The van der Waals surface area contributed by atoms with Crippen LogP contribution >= 0.6 is 0 Å². The number of aromatic amines is 3. The van der Waals surface area contributed by atoms with Crippen molar-refractivity contribution in [2.45, 2.75) is 85.2 Å². The van der Waals surface area contributed by atoms with Crippen molar-refractivity contribution < 1.29 is 27.0 Å². The predicted octanol–water partition coefficient (Wildman–Crippen LogP) is 7.91. The van der Waals surface area contributed by atoms with Crippen molar-refractivity contribution in [3.63, 3.8) is 0 Å². The highest BCUT2D eigenvalue weighted by Crippen LogP contribution is 2.35. The SMILES string of the molecule is [2H]C([2H])(Nc1cnc2nc[nH]c2c1)c1ccc(OCCNC(=O)[C@H](CCCCN)NC(=O)CCc2c(C)c3cc4nc(cc5[nH]c(cc6nc(cc2[nH]3)C(CCC(=O)O)=C6C)cc5C)C=C4C)cc1. The van der Waals surface area contributed by atoms with Gasteiger partial charge in [0.05, 0.1) is 55.8 Å². The van der Waals surface area contributed by atoms with Crippen LogP contribution in [0.25, 0.3) is 56.0 Å². The van der Waals surface area contributed by atoms with E-state index in [0.717, 1.165) is 72.6 Å². The minimum absolute atomic E-state index is 0.0566. The number of fused-ring (bicyclic) bond motifs is 9. The van der Waals surface area contributed by atoms with Crippen LogP contribution in [0.5, 0.6) is 5.75 Å². The number of allylic oxidation sites excluding steroid dienone is 3. The molecular formula is C51H57N11O5. The number of carbonyl (C=O) groups excluding carboxylic acids is 2.